The first-order valence-corrected chi connectivity index (χ1v) is 13.9. The van der Waals surface area contributed by atoms with Gasteiger partial charge in [0.05, 0.1) is 24.1 Å². The Morgan fingerprint density at radius 2 is 1.83 bits per heavy atom. The predicted octanol–water partition coefficient (Wildman–Crippen LogP) is 4.43. The van der Waals surface area contributed by atoms with Gasteiger partial charge in [0.1, 0.15) is 5.65 Å². The number of aliphatic hydroxyl groups excluding tert-OH is 1. The number of aromatic nitrogens is 3. The number of hydrogen-bond donors (Lipinski definition) is 2. The van der Waals surface area contributed by atoms with Gasteiger partial charge in [0, 0.05) is 35.9 Å². The van der Waals surface area contributed by atoms with Gasteiger partial charge in [0.25, 0.3) is 5.92 Å². The second-order valence-electron chi connectivity index (χ2n) is 9.78. The van der Waals surface area contributed by atoms with E-state index in [0.717, 1.165) is 71.5 Å². The van der Waals surface area contributed by atoms with E-state index >= 15 is 0 Å². The van der Waals surface area contributed by atoms with Crippen LogP contribution in [0.4, 0.5) is 14.7 Å². The molecule has 1 aromatic carbocycles. The molecule has 194 valence electrons. The fraction of sp³-hybridized carbons (Fsp3) is 0.520. The minimum Gasteiger partial charge on any atom is -0.393 e. The van der Waals surface area contributed by atoms with Crippen molar-refractivity contribution in [3.05, 3.63) is 36.7 Å². The number of unbranched alkanes of at least 4 members (excludes halogenated alkanes) is 1. The zero-order valence-corrected chi connectivity index (χ0v) is 21.0. The number of aliphatic hydroxyl groups is 1. The summed E-state index contributed by atoms with van der Waals surface area (Å²) in [5, 5.41) is 14.1. The number of hydrogen-bond acceptors (Lipinski definition) is 6. The normalized spacial score (nSPS) is 22.4. The summed E-state index contributed by atoms with van der Waals surface area (Å²) in [7, 11) is -3.96. The molecule has 0 radical (unpaired) electrons. The molecule has 3 heterocycles. The molecule has 2 fully saturated rings. The van der Waals surface area contributed by atoms with Crippen LogP contribution in [0.2, 0.25) is 0 Å². The molecular formula is C25H31F2N5O3S. The van der Waals surface area contributed by atoms with E-state index in [1.54, 1.807) is 18.3 Å². The van der Waals surface area contributed by atoms with Crippen molar-refractivity contribution in [3.8, 4) is 11.1 Å². The Balaban J connectivity index is 1.48. The maximum Gasteiger partial charge on any atom is 0.275 e. The van der Waals surface area contributed by atoms with Gasteiger partial charge in [0.15, 0.2) is 0 Å². The van der Waals surface area contributed by atoms with Gasteiger partial charge in [-0.1, -0.05) is 25.5 Å². The molecular weight excluding hydrogens is 488 g/mol. The minimum absolute atomic E-state index is 0.00887. The van der Waals surface area contributed by atoms with Gasteiger partial charge >= 0.3 is 0 Å². The SMILES string of the molecule is CCCCNc1ncc2c(-c3ccc(S(=O)(=O)N4CC(F)(F)C4)cc3)cn(C3CCC(O)CC3)c2n1. The van der Waals surface area contributed by atoms with E-state index < -0.39 is 29.0 Å². The first-order chi connectivity index (χ1) is 17.2. The molecule has 8 nitrogen and oxygen atoms in total. The fourth-order valence-electron chi connectivity index (χ4n) is 4.93. The van der Waals surface area contributed by atoms with Gasteiger partial charge in [-0.15, -0.1) is 0 Å². The third-order valence-corrected chi connectivity index (χ3v) is 8.87. The van der Waals surface area contributed by atoms with Crippen LogP contribution in [0.5, 0.6) is 0 Å². The Bertz CT molecular complexity index is 1330. The van der Waals surface area contributed by atoms with E-state index in [2.05, 4.69) is 21.8 Å². The number of fused-ring (bicyclic) bond motifs is 1. The van der Waals surface area contributed by atoms with E-state index in [1.807, 2.05) is 6.20 Å². The summed E-state index contributed by atoms with van der Waals surface area (Å²) >= 11 is 0. The smallest absolute Gasteiger partial charge is 0.275 e. The first kappa shape index (κ1) is 25.0. The summed E-state index contributed by atoms with van der Waals surface area (Å²) in [5.41, 5.74) is 2.45. The number of nitrogens with zero attached hydrogens (tertiary/aromatic N) is 4. The van der Waals surface area contributed by atoms with Crippen LogP contribution >= 0.6 is 0 Å². The zero-order chi connectivity index (χ0) is 25.5. The van der Waals surface area contributed by atoms with E-state index in [1.165, 1.54) is 12.1 Å². The van der Waals surface area contributed by atoms with Crippen LogP contribution in [0.1, 0.15) is 51.5 Å². The largest absolute Gasteiger partial charge is 0.393 e. The monoisotopic (exact) mass is 519 g/mol. The first-order valence-electron chi connectivity index (χ1n) is 12.5. The van der Waals surface area contributed by atoms with Gasteiger partial charge in [-0.25, -0.2) is 22.2 Å². The number of anilines is 1. The molecule has 1 saturated carbocycles. The Hall–Kier alpha value is -2.63. The molecule has 3 aromatic rings. The van der Waals surface area contributed by atoms with Crippen molar-refractivity contribution in [1.29, 1.82) is 0 Å². The lowest BCUT2D eigenvalue weighted by molar-refractivity contribution is -0.0945. The summed E-state index contributed by atoms with van der Waals surface area (Å²) in [6.07, 6.45) is 8.75. The van der Waals surface area contributed by atoms with Crippen molar-refractivity contribution in [2.45, 2.75) is 68.4 Å². The molecule has 0 bridgehead atoms. The van der Waals surface area contributed by atoms with Crippen LogP contribution in [0.25, 0.3) is 22.2 Å². The van der Waals surface area contributed by atoms with Crippen LogP contribution in [-0.4, -0.2) is 64.0 Å². The Kier molecular flexibility index (Phi) is 6.73. The number of benzene rings is 1. The highest BCUT2D eigenvalue weighted by atomic mass is 32.2. The summed E-state index contributed by atoms with van der Waals surface area (Å²) in [6.45, 7) is 1.33. The number of rotatable bonds is 8. The molecule has 0 unspecified atom stereocenters. The number of nitrogens with one attached hydrogen (secondary N) is 1. The summed E-state index contributed by atoms with van der Waals surface area (Å²) < 4.78 is 54.8. The molecule has 0 spiro atoms. The maximum absolute atomic E-state index is 13.2. The number of sulfonamides is 1. The molecule has 1 saturated heterocycles. The topological polar surface area (TPSA) is 100 Å². The highest BCUT2D eigenvalue weighted by molar-refractivity contribution is 7.89. The van der Waals surface area contributed by atoms with Gasteiger partial charge in [-0.05, 0) is 49.8 Å². The maximum atomic E-state index is 13.2. The molecule has 11 heteroatoms. The summed E-state index contributed by atoms with van der Waals surface area (Å²) in [5.74, 6) is -2.40. The van der Waals surface area contributed by atoms with Crippen LogP contribution in [0.15, 0.2) is 41.6 Å². The third-order valence-electron chi connectivity index (χ3n) is 7.06. The highest BCUT2D eigenvalue weighted by Crippen LogP contribution is 2.38. The lowest BCUT2D eigenvalue weighted by atomic mass is 9.93. The van der Waals surface area contributed by atoms with Crippen molar-refractivity contribution < 1.29 is 22.3 Å². The van der Waals surface area contributed by atoms with Crippen LogP contribution < -0.4 is 5.32 Å². The van der Waals surface area contributed by atoms with Gasteiger partial charge in [-0.3, -0.25) is 0 Å². The van der Waals surface area contributed by atoms with Crippen molar-refractivity contribution in [2.75, 3.05) is 25.0 Å². The van der Waals surface area contributed by atoms with Crippen LogP contribution in [-0.2, 0) is 10.0 Å². The van der Waals surface area contributed by atoms with E-state index in [4.69, 9.17) is 4.98 Å². The number of halogens is 2. The second-order valence-corrected chi connectivity index (χ2v) is 11.7. The number of alkyl halides is 2. The van der Waals surface area contributed by atoms with Gasteiger partial charge in [-0.2, -0.15) is 9.29 Å². The van der Waals surface area contributed by atoms with Crippen LogP contribution in [0.3, 0.4) is 0 Å². The van der Waals surface area contributed by atoms with Gasteiger partial charge in [0.2, 0.25) is 16.0 Å². The van der Waals surface area contributed by atoms with Crippen molar-refractivity contribution in [2.24, 2.45) is 0 Å². The van der Waals surface area contributed by atoms with E-state index in [-0.39, 0.29) is 17.0 Å². The molecule has 36 heavy (non-hydrogen) atoms. The third kappa shape index (κ3) is 4.83. The molecule has 1 aliphatic carbocycles. The van der Waals surface area contributed by atoms with Crippen LogP contribution in [0, 0.1) is 0 Å². The van der Waals surface area contributed by atoms with Crippen molar-refractivity contribution in [1.82, 2.24) is 18.8 Å². The molecule has 1 aliphatic heterocycles. The Labute approximate surface area is 209 Å². The predicted molar refractivity (Wildman–Crippen MR) is 134 cm³/mol. The Morgan fingerprint density at radius 1 is 1.14 bits per heavy atom. The minimum atomic E-state index is -3.96. The average molecular weight is 520 g/mol. The quantitative estimate of drug-likeness (QED) is 0.427. The lowest BCUT2D eigenvalue weighted by Crippen LogP contribution is -2.58. The average Bonchev–Trinajstić information content (AvgIpc) is 3.22. The molecule has 2 aliphatic rings. The van der Waals surface area contributed by atoms with Crippen molar-refractivity contribution in [3.63, 3.8) is 0 Å². The molecule has 2 aromatic heterocycles. The Morgan fingerprint density at radius 3 is 2.47 bits per heavy atom. The second kappa shape index (κ2) is 9.68. The van der Waals surface area contributed by atoms with E-state index in [0.29, 0.717) is 5.95 Å². The highest BCUT2D eigenvalue weighted by Gasteiger charge is 2.49. The molecule has 2 N–H and O–H groups in total. The van der Waals surface area contributed by atoms with Crippen molar-refractivity contribution >= 4 is 27.0 Å². The summed E-state index contributed by atoms with van der Waals surface area (Å²) in [6, 6.07) is 6.51. The fourth-order valence-corrected chi connectivity index (χ4v) is 6.43. The molecule has 0 amide bonds. The lowest BCUT2D eigenvalue weighted by Gasteiger charge is -2.37. The van der Waals surface area contributed by atoms with Gasteiger partial charge < -0.3 is 15.0 Å². The molecule has 0 atom stereocenters. The van der Waals surface area contributed by atoms with E-state index in [9.17, 15) is 22.3 Å². The summed E-state index contributed by atoms with van der Waals surface area (Å²) in [4.78, 5) is 9.29. The molecule has 5 rings (SSSR count). The standard InChI is InChI=1S/C25H31F2N5O3S/c1-2-3-12-28-24-29-13-21-22(14-32(23(21)30-24)18-6-8-19(33)9-7-18)17-4-10-20(11-5-17)36(34,35)31-15-25(26,27)16-31/h4-5,10-11,13-14,18-19,33H,2-3,6-9,12,15-16H2,1H3,(H,28,29,30). The zero-order valence-electron chi connectivity index (χ0n) is 20.2.